The van der Waals surface area contributed by atoms with E-state index in [1.807, 2.05) is 11.0 Å². The monoisotopic (exact) mass is 293 g/mol. The van der Waals surface area contributed by atoms with Crippen LogP contribution in [0.1, 0.15) is 11.1 Å². The molecule has 106 valence electrons. The molecule has 0 bridgehead atoms. The zero-order chi connectivity index (χ0) is 14.5. The Kier molecular flexibility index (Phi) is 4.96. The number of carboxylic acid groups (broad SMARTS) is 1. The third-order valence-corrected chi connectivity index (χ3v) is 3.75. The Morgan fingerprint density at radius 2 is 1.95 bits per heavy atom. The van der Waals surface area contributed by atoms with Crippen molar-refractivity contribution in [3.63, 3.8) is 0 Å². The maximum absolute atomic E-state index is 10.6. The molecule has 20 heavy (non-hydrogen) atoms. The van der Waals surface area contributed by atoms with Gasteiger partial charge in [-0.3, -0.25) is 14.6 Å². The van der Waals surface area contributed by atoms with E-state index in [2.05, 4.69) is 11.0 Å². The first kappa shape index (κ1) is 14.8. The number of hydrogen-bond donors (Lipinski definition) is 1. The Morgan fingerprint density at radius 1 is 1.30 bits per heavy atom. The van der Waals surface area contributed by atoms with Crippen molar-refractivity contribution in [2.45, 2.75) is 6.54 Å². The number of nitriles is 1. The molecular formula is C14H16ClN3O2. The summed E-state index contributed by atoms with van der Waals surface area (Å²) in [6.07, 6.45) is 0. The molecule has 0 aromatic heterocycles. The lowest BCUT2D eigenvalue weighted by molar-refractivity contribution is -0.138. The smallest absolute Gasteiger partial charge is 0.317 e. The van der Waals surface area contributed by atoms with Crippen LogP contribution in [0, 0.1) is 11.3 Å². The van der Waals surface area contributed by atoms with Crippen molar-refractivity contribution in [3.05, 3.63) is 34.3 Å². The summed E-state index contributed by atoms with van der Waals surface area (Å²) in [5.41, 5.74) is 1.56. The summed E-state index contributed by atoms with van der Waals surface area (Å²) in [5.74, 6) is -0.784. The van der Waals surface area contributed by atoms with E-state index < -0.39 is 5.97 Å². The van der Waals surface area contributed by atoms with Crippen LogP contribution < -0.4 is 0 Å². The van der Waals surface area contributed by atoms with E-state index in [1.165, 1.54) is 0 Å². The van der Waals surface area contributed by atoms with Crippen molar-refractivity contribution < 1.29 is 9.90 Å². The zero-order valence-corrected chi connectivity index (χ0v) is 11.8. The fraction of sp³-hybridized carbons (Fsp3) is 0.429. The van der Waals surface area contributed by atoms with Gasteiger partial charge in [-0.2, -0.15) is 5.26 Å². The number of benzene rings is 1. The van der Waals surface area contributed by atoms with Gasteiger partial charge in [-0.05, 0) is 17.7 Å². The highest BCUT2D eigenvalue weighted by Gasteiger charge is 2.19. The summed E-state index contributed by atoms with van der Waals surface area (Å²) in [6.45, 7) is 3.98. The number of nitrogens with zero attached hydrogens (tertiary/aromatic N) is 3. The minimum Gasteiger partial charge on any atom is -0.480 e. The Morgan fingerprint density at radius 3 is 2.50 bits per heavy atom. The van der Waals surface area contributed by atoms with Crippen LogP contribution >= 0.6 is 11.6 Å². The fourth-order valence-corrected chi connectivity index (χ4v) is 2.52. The number of carbonyl (C=O) groups is 1. The molecule has 0 radical (unpaired) electrons. The maximum atomic E-state index is 10.6. The molecular weight excluding hydrogens is 278 g/mol. The van der Waals surface area contributed by atoms with Crippen molar-refractivity contribution >= 4 is 17.6 Å². The van der Waals surface area contributed by atoms with Gasteiger partial charge in [-0.1, -0.05) is 17.7 Å². The van der Waals surface area contributed by atoms with Crippen LogP contribution in [0.4, 0.5) is 0 Å². The second kappa shape index (κ2) is 6.71. The lowest BCUT2D eigenvalue weighted by Crippen LogP contribution is -2.47. The quantitative estimate of drug-likeness (QED) is 0.909. The average Bonchev–Trinajstić information content (AvgIpc) is 2.42. The molecule has 6 heteroatoms. The highest BCUT2D eigenvalue weighted by Crippen LogP contribution is 2.20. The van der Waals surface area contributed by atoms with Crippen LogP contribution in [0.5, 0.6) is 0 Å². The molecule has 1 saturated heterocycles. The molecule has 1 N–H and O–H groups in total. The summed E-state index contributed by atoms with van der Waals surface area (Å²) in [6, 6.07) is 7.39. The van der Waals surface area contributed by atoms with E-state index in [0.717, 1.165) is 38.3 Å². The minimum absolute atomic E-state index is 0.103. The predicted octanol–water partition coefficient (Wildman–Crippen LogP) is 1.41. The van der Waals surface area contributed by atoms with Gasteiger partial charge < -0.3 is 5.11 Å². The molecule has 1 aliphatic rings. The van der Waals surface area contributed by atoms with Gasteiger partial charge in [0.05, 0.1) is 18.2 Å². The van der Waals surface area contributed by atoms with Crippen molar-refractivity contribution in [2.24, 2.45) is 0 Å². The van der Waals surface area contributed by atoms with Gasteiger partial charge in [0.25, 0.3) is 0 Å². The second-order valence-corrected chi connectivity index (χ2v) is 5.27. The molecule has 1 heterocycles. The van der Waals surface area contributed by atoms with Crippen LogP contribution in [0.15, 0.2) is 18.2 Å². The number of carboxylic acids is 1. The first-order valence-electron chi connectivity index (χ1n) is 6.43. The molecule has 1 aliphatic heterocycles. The Labute approximate surface area is 123 Å². The number of hydrogen-bond acceptors (Lipinski definition) is 4. The second-order valence-electron chi connectivity index (χ2n) is 4.86. The molecule has 1 fully saturated rings. The van der Waals surface area contributed by atoms with Gasteiger partial charge in [0.1, 0.15) is 0 Å². The number of rotatable bonds is 4. The molecule has 0 spiro atoms. The topological polar surface area (TPSA) is 67.6 Å². The Balaban J connectivity index is 1.90. The fourth-order valence-electron chi connectivity index (χ4n) is 2.28. The number of halogens is 1. The molecule has 0 atom stereocenters. The lowest BCUT2D eigenvalue weighted by Gasteiger charge is -2.33. The van der Waals surface area contributed by atoms with Crippen LogP contribution in [-0.2, 0) is 11.3 Å². The molecule has 1 aromatic carbocycles. The summed E-state index contributed by atoms with van der Waals surface area (Å²) in [5, 5.41) is 18.2. The third kappa shape index (κ3) is 3.94. The maximum Gasteiger partial charge on any atom is 0.317 e. The van der Waals surface area contributed by atoms with Crippen molar-refractivity contribution in [2.75, 3.05) is 32.7 Å². The molecule has 0 aliphatic carbocycles. The van der Waals surface area contributed by atoms with E-state index >= 15 is 0 Å². The van der Waals surface area contributed by atoms with Crippen molar-refractivity contribution in [3.8, 4) is 6.07 Å². The largest absolute Gasteiger partial charge is 0.480 e. The summed E-state index contributed by atoms with van der Waals surface area (Å²) in [4.78, 5) is 14.8. The number of aliphatic carboxylic acids is 1. The average molecular weight is 294 g/mol. The van der Waals surface area contributed by atoms with Crippen molar-refractivity contribution in [1.82, 2.24) is 9.80 Å². The predicted molar refractivity (Wildman–Crippen MR) is 75.5 cm³/mol. The van der Waals surface area contributed by atoms with Crippen molar-refractivity contribution in [1.29, 1.82) is 5.26 Å². The molecule has 5 nitrogen and oxygen atoms in total. The van der Waals surface area contributed by atoms with Crippen LogP contribution in [0.2, 0.25) is 5.02 Å². The molecule has 0 saturated carbocycles. The van der Waals surface area contributed by atoms with Gasteiger partial charge in [0, 0.05) is 37.7 Å². The van der Waals surface area contributed by atoms with E-state index in [-0.39, 0.29) is 6.54 Å². The van der Waals surface area contributed by atoms with Gasteiger partial charge in [0.15, 0.2) is 0 Å². The van der Waals surface area contributed by atoms with E-state index in [0.29, 0.717) is 10.6 Å². The molecule has 2 rings (SSSR count). The first-order chi connectivity index (χ1) is 9.58. The standard InChI is InChI=1S/C14H16ClN3O2/c15-13-7-11(8-16)1-2-12(13)9-17-3-5-18(6-4-17)10-14(19)20/h1-2,7H,3-6,9-10H2,(H,19,20). The van der Waals surface area contributed by atoms with Crippen LogP contribution in [-0.4, -0.2) is 53.6 Å². The third-order valence-electron chi connectivity index (χ3n) is 3.40. The van der Waals surface area contributed by atoms with Gasteiger partial charge in [-0.15, -0.1) is 0 Å². The minimum atomic E-state index is -0.784. The zero-order valence-electron chi connectivity index (χ0n) is 11.0. The highest BCUT2D eigenvalue weighted by atomic mass is 35.5. The Hall–Kier alpha value is -1.61. The Bertz CT molecular complexity index is 534. The summed E-state index contributed by atoms with van der Waals surface area (Å²) >= 11 is 6.16. The van der Waals surface area contributed by atoms with Crippen LogP contribution in [0.25, 0.3) is 0 Å². The first-order valence-corrected chi connectivity index (χ1v) is 6.81. The number of piperazine rings is 1. The summed E-state index contributed by atoms with van der Waals surface area (Å²) < 4.78 is 0. The van der Waals surface area contributed by atoms with Gasteiger partial charge in [-0.25, -0.2) is 0 Å². The van der Waals surface area contributed by atoms with E-state index in [9.17, 15) is 4.79 Å². The normalized spacial score (nSPS) is 16.8. The molecule has 0 unspecified atom stereocenters. The van der Waals surface area contributed by atoms with Gasteiger partial charge >= 0.3 is 5.97 Å². The van der Waals surface area contributed by atoms with Gasteiger partial charge in [0.2, 0.25) is 0 Å². The highest BCUT2D eigenvalue weighted by molar-refractivity contribution is 6.31. The SMILES string of the molecule is N#Cc1ccc(CN2CCN(CC(=O)O)CC2)c(Cl)c1. The lowest BCUT2D eigenvalue weighted by atomic mass is 10.1. The van der Waals surface area contributed by atoms with E-state index in [4.69, 9.17) is 22.0 Å². The van der Waals surface area contributed by atoms with Crippen LogP contribution in [0.3, 0.4) is 0 Å². The molecule has 1 aromatic rings. The van der Waals surface area contributed by atoms with E-state index in [1.54, 1.807) is 12.1 Å². The summed E-state index contributed by atoms with van der Waals surface area (Å²) in [7, 11) is 0. The molecule has 0 amide bonds.